The predicted octanol–water partition coefficient (Wildman–Crippen LogP) is -2.76. The third-order valence-electron chi connectivity index (χ3n) is 1.30. The summed E-state index contributed by atoms with van der Waals surface area (Å²) in [5, 5.41) is 0. The van der Waals surface area contributed by atoms with E-state index in [-0.39, 0.29) is 24.8 Å². The fourth-order valence-corrected chi connectivity index (χ4v) is 2.49. The summed E-state index contributed by atoms with van der Waals surface area (Å²) < 4.78 is 1.87. The molecule has 0 aliphatic heterocycles. The van der Waals surface area contributed by atoms with E-state index in [1.807, 2.05) is 11.8 Å². The number of halogens is 2. The Morgan fingerprint density at radius 1 is 1.31 bits per heavy atom. The van der Waals surface area contributed by atoms with Crippen LogP contribution in [0.2, 0.25) is 0 Å². The van der Waals surface area contributed by atoms with Crippen LogP contribution in [0.5, 0.6) is 0 Å². The van der Waals surface area contributed by atoms with Crippen molar-refractivity contribution in [2.45, 2.75) is 31.9 Å². The Kier molecular flexibility index (Phi) is 8.38. The third kappa shape index (κ3) is 6.25. The molecule has 13 heavy (non-hydrogen) atoms. The van der Waals surface area contributed by atoms with Gasteiger partial charge >= 0.3 is 85.1 Å². The van der Waals surface area contributed by atoms with Crippen molar-refractivity contribution in [3.8, 4) is 0 Å². The zero-order chi connectivity index (χ0) is 8.48. The van der Waals surface area contributed by atoms with Crippen molar-refractivity contribution >= 4 is 11.8 Å². The summed E-state index contributed by atoms with van der Waals surface area (Å²) in [6, 6.07) is 0. The molecule has 0 saturated carbocycles. The Balaban J connectivity index is 0. The van der Waals surface area contributed by atoms with Crippen molar-refractivity contribution in [2.24, 2.45) is 0 Å². The first-order valence-corrected chi connectivity index (χ1v) is 5.39. The molecular weight excluding hydrogens is 259 g/mol. The van der Waals surface area contributed by atoms with Crippen LogP contribution in [-0.4, -0.2) is 4.75 Å². The smallest absolute Gasteiger partial charge is 1.00 e. The first-order valence-electron chi connectivity index (χ1n) is 3.79. The second-order valence-corrected chi connectivity index (χ2v) is 6.47. The summed E-state index contributed by atoms with van der Waals surface area (Å²) in [7, 11) is 0. The Morgan fingerprint density at radius 2 is 1.85 bits per heavy atom. The van der Waals surface area contributed by atoms with Crippen molar-refractivity contribution in [1.29, 1.82) is 0 Å². The average molecular weight is 272 g/mol. The van der Waals surface area contributed by atoms with Gasteiger partial charge in [0.2, 0.25) is 0 Å². The molecule has 0 aromatic rings. The first kappa shape index (κ1) is 16.6. The number of hydrogen-bond acceptors (Lipinski definition) is 1. The van der Waals surface area contributed by atoms with E-state index in [9.17, 15) is 0 Å². The topological polar surface area (TPSA) is 0 Å². The SMILES string of the molecule is CC(C)(C)SC1=[C]([Ti+2])CC=C1.[Cl-].[Cl-]. The van der Waals surface area contributed by atoms with Crippen molar-refractivity contribution in [1.82, 2.24) is 0 Å². The molecule has 1 aliphatic rings. The molecule has 0 amide bonds. The van der Waals surface area contributed by atoms with Gasteiger partial charge in [-0.1, -0.05) is 0 Å². The standard InChI is InChI=1S/C9H13S.2ClH.Ti/c1-9(2,3)10-8-6-4-5-7-8;;;/h4,6H,5H2,1-3H3;2*1H;/q;;;+2/p-2. The summed E-state index contributed by atoms with van der Waals surface area (Å²) in [6.45, 7) is 6.76. The molecule has 0 aromatic heterocycles. The van der Waals surface area contributed by atoms with Gasteiger partial charge in [0.05, 0.1) is 0 Å². The molecule has 0 aromatic carbocycles. The van der Waals surface area contributed by atoms with Gasteiger partial charge in [-0.15, -0.1) is 0 Å². The zero-order valence-electron chi connectivity index (χ0n) is 8.03. The fourth-order valence-electron chi connectivity index (χ4n) is 0.910. The van der Waals surface area contributed by atoms with Crippen LogP contribution in [0.4, 0.5) is 0 Å². The number of rotatable bonds is 1. The van der Waals surface area contributed by atoms with Crippen LogP contribution < -0.4 is 24.8 Å². The van der Waals surface area contributed by atoms with Crippen LogP contribution in [0.25, 0.3) is 0 Å². The molecule has 73 valence electrons. The molecule has 0 N–H and O–H groups in total. The Hall–Kier alpha value is 1.12. The van der Waals surface area contributed by atoms with Gasteiger partial charge in [0.25, 0.3) is 0 Å². The molecule has 0 heterocycles. The van der Waals surface area contributed by atoms with Crippen molar-refractivity contribution in [3.05, 3.63) is 20.9 Å². The molecule has 0 nitrogen and oxygen atoms in total. The van der Waals surface area contributed by atoms with E-state index in [1.165, 1.54) is 8.78 Å². The Morgan fingerprint density at radius 3 is 2.15 bits per heavy atom. The number of thioether (sulfide) groups is 1. The van der Waals surface area contributed by atoms with E-state index in [4.69, 9.17) is 0 Å². The molecule has 0 radical (unpaired) electrons. The molecule has 1 aliphatic carbocycles. The summed E-state index contributed by atoms with van der Waals surface area (Å²) in [4.78, 5) is 1.47. The van der Waals surface area contributed by atoms with Gasteiger partial charge < -0.3 is 24.8 Å². The maximum absolute atomic E-state index is 2.25. The third-order valence-corrected chi connectivity index (χ3v) is 3.54. The van der Waals surface area contributed by atoms with Crippen LogP contribution in [0.15, 0.2) is 20.9 Å². The average Bonchev–Trinajstić information content (AvgIpc) is 2.12. The summed E-state index contributed by atoms with van der Waals surface area (Å²) >= 11 is 4.18. The predicted molar refractivity (Wildman–Crippen MR) is 48.1 cm³/mol. The van der Waals surface area contributed by atoms with Gasteiger partial charge in [0, 0.05) is 0 Å². The fraction of sp³-hybridized carbons (Fsp3) is 0.556. The van der Waals surface area contributed by atoms with E-state index in [1.54, 1.807) is 0 Å². The van der Waals surface area contributed by atoms with Gasteiger partial charge in [-0.25, -0.2) is 0 Å². The van der Waals surface area contributed by atoms with E-state index < -0.39 is 0 Å². The molecule has 0 unspecified atom stereocenters. The Bertz CT molecular complexity index is 216. The maximum Gasteiger partial charge on any atom is -1.00 e. The zero-order valence-corrected chi connectivity index (χ0v) is 11.9. The van der Waals surface area contributed by atoms with Gasteiger partial charge in [-0.05, 0) is 0 Å². The largest absolute Gasteiger partial charge is 1.00 e. The molecule has 4 heteroatoms. The van der Waals surface area contributed by atoms with Gasteiger partial charge in [0.15, 0.2) is 0 Å². The van der Waals surface area contributed by atoms with Crippen molar-refractivity contribution in [2.75, 3.05) is 0 Å². The minimum absolute atomic E-state index is 0. The molecule has 1 rings (SSSR count). The van der Waals surface area contributed by atoms with E-state index in [0.29, 0.717) is 4.75 Å². The summed E-state index contributed by atoms with van der Waals surface area (Å²) in [5.41, 5.74) is 0. The number of hydrogen-bond donors (Lipinski definition) is 0. The second kappa shape index (κ2) is 6.58. The summed E-state index contributed by atoms with van der Waals surface area (Å²) in [5.74, 6) is 0. The van der Waals surface area contributed by atoms with Gasteiger partial charge in [0.1, 0.15) is 0 Å². The minimum Gasteiger partial charge on any atom is -1.00 e. The number of allylic oxidation sites excluding steroid dienone is 3. The van der Waals surface area contributed by atoms with E-state index >= 15 is 0 Å². The normalized spacial score (nSPS) is 15.5. The van der Waals surface area contributed by atoms with Crippen LogP contribution in [0.1, 0.15) is 27.2 Å². The molecule has 0 fully saturated rings. The van der Waals surface area contributed by atoms with Gasteiger partial charge in [-0.2, -0.15) is 0 Å². The quantitative estimate of drug-likeness (QED) is 0.466. The minimum atomic E-state index is 0. The maximum atomic E-state index is 2.25. The van der Waals surface area contributed by atoms with Crippen molar-refractivity contribution in [3.63, 3.8) is 0 Å². The monoisotopic (exact) mass is 271 g/mol. The summed E-state index contributed by atoms with van der Waals surface area (Å²) in [6.07, 6.45) is 5.63. The van der Waals surface area contributed by atoms with E-state index in [2.05, 4.69) is 53.4 Å². The second-order valence-electron chi connectivity index (χ2n) is 3.66. The molecular formula is C9H13Cl2STi. The first-order chi connectivity index (χ1) is 4.99. The van der Waals surface area contributed by atoms with Crippen molar-refractivity contribution < 1.29 is 45.2 Å². The van der Waals surface area contributed by atoms with Crippen LogP contribution in [0.3, 0.4) is 0 Å². The molecule has 0 saturated heterocycles. The van der Waals surface area contributed by atoms with Crippen LogP contribution in [0, 0.1) is 0 Å². The van der Waals surface area contributed by atoms with Crippen LogP contribution >= 0.6 is 11.8 Å². The molecule has 0 atom stereocenters. The van der Waals surface area contributed by atoms with E-state index in [0.717, 1.165) is 6.42 Å². The Labute approximate surface area is 109 Å². The van der Waals surface area contributed by atoms with Gasteiger partial charge in [-0.3, -0.25) is 0 Å². The van der Waals surface area contributed by atoms with Crippen LogP contribution in [-0.2, 0) is 20.4 Å². The molecule has 0 bridgehead atoms. The molecule has 0 spiro atoms.